The fourth-order valence-corrected chi connectivity index (χ4v) is 3.08. The molecule has 6 heteroatoms. The first kappa shape index (κ1) is 20.4. The summed E-state index contributed by atoms with van der Waals surface area (Å²) >= 11 is 0. The van der Waals surface area contributed by atoms with Gasteiger partial charge in [-0.1, -0.05) is 13.8 Å². The molecule has 0 saturated carbocycles. The second-order valence-electron chi connectivity index (χ2n) is 7.04. The third-order valence-corrected chi connectivity index (χ3v) is 4.48. The second-order valence-corrected chi connectivity index (χ2v) is 7.04. The van der Waals surface area contributed by atoms with E-state index in [4.69, 9.17) is 9.47 Å². The molecule has 2 rings (SSSR count). The van der Waals surface area contributed by atoms with Gasteiger partial charge in [-0.15, -0.1) is 0 Å². The van der Waals surface area contributed by atoms with Gasteiger partial charge in [0.1, 0.15) is 0 Å². The number of nitrogens with zero attached hydrogens (tertiary/aromatic N) is 2. The van der Waals surface area contributed by atoms with Crippen molar-refractivity contribution in [3.05, 3.63) is 23.3 Å². The van der Waals surface area contributed by atoms with Crippen LogP contribution in [0.1, 0.15) is 31.9 Å². The standard InChI is InChI=1S/C20H34N4O2/c1-6-21-20(23-13-15(2)3)22-8-10-24-9-7-16-11-18(25-4)19(26-5)12-17(16)14-24/h11-12,15H,6-10,13-14H2,1-5H3,(H2,21,22,23). The number of guanidine groups is 1. The van der Waals surface area contributed by atoms with E-state index in [1.54, 1.807) is 14.2 Å². The molecule has 0 atom stereocenters. The number of ether oxygens (including phenoxy) is 2. The lowest BCUT2D eigenvalue weighted by Crippen LogP contribution is -2.42. The van der Waals surface area contributed by atoms with E-state index in [1.165, 1.54) is 11.1 Å². The van der Waals surface area contributed by atoms with Gasteiger partial charge in [0.05, 0.1) is 14.2 Å². The summed E-state index contributed by atoms with van der Waals surface area (Å²) in [5.74, 6) is 3.10. The number of aliphatic imine (C=N–C) groups is 1. The molecular weight excluding hydrogens is 328 g/mol. The molecule has 1 aliphatic rings. The fraction of sp³-hybridized carbons (Fsp3) is 0.650. The van der Waals surface area contributed by atoms with Gasteiger partial charge in [-0.05, 0) is 42.5 Å². The van der Waals surface area contributed by atoms with Crippen LogP contribution in [0.2, 0.25) is 0 Å². The minimum absolute atomic E-state index is 0.566. The van der Waals surface area contributed by atoms with E-state index in [2.05, 4.69) is 53.4 Å². The largest absolute Gasteiger partial charge is 0.493 e. The normalized spacial score (nSPS) is 14.9. The molecule has 0 spiro atoms. The molecule has 1 aliphatic heterocycles. The van der Waals surface area contributed by atoms with Crippen LogP contribution in [0.3, 0.4) is 0 Å². The quantitative estimate of drug-likeness (QED) is 0.549. The predicted octanol–water partition coefficient (Wildman–Crippen LogP) is 2.27. The molecule has 0 aliphatic carbocycles. The Morgan fingerprint density at radius 2 is 1.85 bits per heavy atom. The number of rotatable bonds is 8. The summed E-state index contributed by atoms with van der Waals surface area (Å²) in [6, 6.07) is 4.23. The first-order valence-electron chi connectivity index (χ1n) is 9.55. The van der Waals surface area contributed by atoms with Gasteiger partial charge in [0.15, 0.2) is 17.5 Å². The highest BCUT2D eigenvalue weighted by Crippen LogP contribution is 2.33. The number of hydrogen-bond acceptors (Lipinski definition) is 4. The maximum absolute atomic E-state index is 5.44. The lowest BCUT2D eigenvalue weighted by Gasteiger charge is -2.29. The predicted molar refractivity (Wildman–Crippen MR) is 107 cm³/mol. The molecule has 0 saturated heterocycles. The summed E-state index contributed by atoms with van der Waals surface area (Å²) in [5, 5.41) is 6.75. The molecule has 1 aromatic carbocycles. The molecule has 0 fully saturated rings. The van der Waals surface area contributed by atoms with Crippen LogP contribution >= 0.6 is 0 Å². The number of methoxy groups -OCH3 is 2. The van der Waals surface area contributed by atoms with Crippen LogP contribution in [0.15, 0.2) is 17.1 Å². The molecule has 26 heavy (non-hydrogen) atoms. The summed E-state index contributed by atoms with van der Waals surface area (Å²) in [5.41, 5.74) is 2.69. The van der Waals surface area contributed by atoms with Gasteiger partial charge in [0, 0.05) is 39.3 Å². The Balaban J connectivity index is 1.89. The second kappa shape index (κ2) is 10.3. The molecule has 0 unspecified atom stereocenters. The third kappa shape index (κ3) is 5.80. The van der Waals surface area contributed by atoms with Crippen molar-refractivity contribution in [2.24, 2.45) is 10.9 Å². The summed E-state index contributed by atoms with van der Waals surface area (Å²) in [7, 11) is 3.38. The van der Waals surface area contributed by atoms with Gasteiger partial charge >= 0.3 is 0 Å². The summed E-state index contributed by atoms with van der Waals surface area (Å²) in [6.45, 7) is 12.0. The zero-order valence-electron chi connectivity index (χ0n) is 16.9. The van der Waals surface area contributed by atoms with Crippen LogP contribution in [0.25, 0.3) is 0 Å². The molecule has 2 N–H and O–H groups in total. The Morgan fingerprint density at radius 1 is 1.15 bits per heavy atom. The average molecular weight is 363 g/mol. The van der Waals surface area contributed by atoms with Crippen LogP contribution in [0.5, 0.6) is 11.5 Å². The molecule has 1 aromatic rings. The number of hydrogen-bond donors (Lipinski definition) is 2. The molecule has 6 nitrogen and oxygen atoms in total. The van der Waals surface area contributed by atoms with Crippen LogP contribution in [0, 0.1) is 5.92 Å². The monoisotopic (exact) mass is 362 g/mol. The van der Waals surface area contributed by atoms with Crippen LogP contribution in [-0.2, 0) is 13.0 Å². The highest BCUT2D eigenvalue weighted by molar-refractivity contribution is 5.79. The molecular formula is C20H34N4O2. The summed E-state index contributed by atoms with van der Waals surface area (Å²) in [4.78, 5) is 7.08. The SMILES string of the molecule is CCNC(=NCC(C)C)NCCN1CCc2cc(OC)c(OC)cc2C1. The summed E-state index contributed by atoms with van der Waals surface area (Å²) < 4.78 is 10.9. The summed E-state index contributed by atoms with van der Waals surface area (Å²) in [6.07, 6.45) is 1.04. The number of benzene rings is 1. The Morgan fingerprint density at radius 3 is 2.46 bits per heavy atom. The molecule has 0 amide bonds. The van der Waals surface area contributed by atoms with Crippen LogP contribution in [0.4, 0.5) is 0 Å². The Hall–Kier alpha value is -1.95. The maximum atomic E-state index is 5.44. The van der Waals surface area contributed by atoms with Crippen molar-refractivity contribution in [2.75, 3.05) is 46.9 Å². The molecule has 0 radical (unpaired) electrons. The topological polar surface area (TPSA) is 58.1 Å². The van der Waals surface area contributed by atoms with E-state index in [0.29, 0.717) is 5.92 Å². The molecule has 0 aromatic heterocycles. The van der Waals surface area contributed by atoms with Crippen molar-refractivity contribution in [3.63, 3.8) is 0 Å². The fourth-order valence-electron chi connectivity index (χ4n) is 3.08. The van der Waals surface area contributed by atoms with Crippen molar-refractivity contribution in [3.8, 4) is 11.5 Å². The van der Waals surface area contributed by atoms with Gasteiger partial charge < -0.3 is 20.1 Å². The number of fused-ring (bicyclic) bond motifs is 1. The minimum atomic E-state index is 0.566. The smallest absolute Gasteiger partial charge is 0.191 e. The third-order valence-electron chi connectivity index (χ3n) is 4.48. The minimum Gasteiger partial charge on any atom is -0.493 e. The lowest BCUT2D eigenvalue weighted by molar-refractivity contribution is 0.256. The maximum Gasteiger partial charge on any atom is 0.191 e. The van der Waals surface area contributed by atoms with Gasteiger partial charge in [-0.25, -0.2) is 0 Å². The Kier molecular flexibility index (Phi) is 8.04. The van der Waals surface area contributed by atoms with Crippen molar-refractivity contribution in [1.29, 1.82) is 0 Å². The Bertz CT molecular complexity index is 602. The highest BCUT2D eigenvalue weighted by Gasteiger charge is 2.19. The highest BCUT2D eigenvalue weighted by atomic mass is 16.5. The molecule has 146 valence electrons. The van der Waals surface area contributed by atoms with Crippen molar-refractivity contribution in [2.45, 2.75) is 33.7 Å². The van der Waals surface area contributed by atoms with Gasteiger partial charge in [-0.3, -0.25) is 9.89 Å². The zero-order chi connectivity index (χ0) is 18.9. The van der Waals surface area contributed by atoms with E-state index in [1.807, 2.05) is 0 Å². The van der Waals surface area contributed by atoms with E-state index >= 15 is 0 Å². The Labute approximate surface area is 158 Å². The molecule has 0 bridgehead atoms. The molecule has 1 heterocycles. The first-order valence-corrected chi connectivity index (χ1v) is 9.55. The van der Waals surface area contributed by atoms with E-state index < -0.39 is 0 Å². The van der Waals surface area contributed by atoms with Gasteiger partial charge in [0.2, 0.25) is 0 Å². The number of nitrogens with one attached hydrogen (secondary N) is 2. The van der Waals surface area contributed by atoms with E-state index in [-0.39, 0.29) is 0 Å². The van der Waals surface area contributed by atoms with Crippen LogP contribution < -0.4 is 20.1 Å². The first-order chi connectivity index (χ1) is 12.6. The van der Waals surface area contributed by atoms with Crippen LogP contribution in [-0.4, -0.2) is 57.8 Å². The average Bonchev–Trinajstić information content (AvgIpc) is 2.64. The van der Waals surface area contributed by atoms with Crippen molar-refractivity contribution < 1.29 is 9.47 Å². The van der Waals surface area contributed by atoms with Crippen molar-refractivity contribution in [1.82, 2.24) is 15.5 Å². The lowest BCUT2D eigenvalue weighted by atomic mass is 9.99. The zero-order valence-corrected chi connectivity index (χ0v) is 16.9. The van der Waals surface area contributed by atoms with Gasteiger partial charge in [0.25, 0.3) is 0 Å². The van der Waals surface area contributed by atoms with Crippen molar-refractivity contribution >= 4 is 5.96 Å². The van der Waals surface area contributed by atoms with E-state index in [9.17, 15) is 0 Å². The van der Waals surface area contributed by atoms with Gasteiger partial charge in [-0.2, -0.15) is 0 Å². The van der Waals surface area contributed by atoms with E-state index in [0.717, 1.165) is 63.1 Å².